The van der Waals surface area contributed by atoms with Crippen LogP contribution in [0.5, 0.6) is 0 Å². The summed E-state index contributed by atoms with van der Waals surface area (Å²) in [5, 5.41) is 2.18. The maximum atomic E-state index is 13.7. The van der Waals surface area contributed by atoms with Gasteiger partial charge in [0.1, 0.15) is 0 Å². The Morgan fingerprint density at radius 1 is 1.34 bits per heavy atom. The molecule has 2 atom stereocenters. The molecule has 6 heteroatoms. The molecule has 0 aromatic carbocycles. The van der Waals surface area contributed by atoms with E-state index in [2.05, 4.69) is 52.8 Å². The molecule has 1 amide bonds. The van der Waals surface area contributed by atoms with Gasteiger partial charge in [0.25, 0.3) is 0 Å². The highest BCUT2D eigenvalue weighted by molar-refractivity contribution is 7.10. The molecule has 2 aromatic heterocycles. The van der Waals surface area contributed by atoms with Gasteiger partial charge >= 0.3 is 0 Å². The number of nitrogens with zero attached hydrogens (tertiary/aromatic N) is 4. The average molecular weight is 413 g/mol. The average Bonchev–Trinajstić information content (AvgIpc) is 3.02. The van der Waals surface area contributed by atoms with Crippen LogP contribution in [0.2, 0.25) is 0 Å². The van der Waals surface area contributed by atoms with Crippen molar-refractivity contribution in [3.8, 4) is 0 Å². The van der Waals surface area contributed by atoms with Gasteiger partial charge in [0.2, 0.25) is 5.91 Å². The quantitative estimate of drug-likeness (QED) is 0.718. The largest absolute Gasteiger partial charge is 0.342 e. The number of hydrogen-bond acceptors (Lipinski definition) is 4. The number of hydrogen-bond donors (Lipinski definition) is 0. The summed E-state index contributed by atoms with van der Waals surface area (Å²) >= 11 is 1.83. The van der Waals surface area contributed by atoms with Crippen molar-refractivity contribution in [1.29, 1.82) is 0 Å². The zero-order chi connectivity index (χ0) is 20.2. The topological polar surface area (TPSA) is 41.4 Å². The Morgan fingerprint density at radius 3 is 2.83 bits per heavy atom. The molecule has 3 fully saturated rings. The molecule has 1 saturated carbocycles. The minimum absolute atomic E-state index is 0.194. The van der Waals surface area contributed by atoms with Crippen molar-refractivity contribution in [3.05, 3.63) is 40.1 Å². The van der Waals surface area contributed by atoms with Gasteiger partial charge in [0, 0.05) is 55.8 Å². The molecule has 3 aliphatic rings. The Hall–Kier alpha value is -1.66. The molecule has 0 radical (unpaired) electrons. The summed E-state index contributed by atoms with van der Waals surface area (Å²) in [5.74, 6) is 1.33. The Kier molecular flexibility index (Phi) is 4.82. The number of rotatable bonds is 6. The van der Waals surface area contributed by atoms with Crippen molar-refractivity contribution >= 4 is 17.2 Å². The van der Waals surface area contributed by atoms with Gasteiger partial charge in [-0.15, -0.1) is 11.3 Å². The third-order valence-corrected chi connectivity index (χ3v) is 8.25. The van der Waals surface area contributed by atoms with E-state index < -0.39 is 0 Å². The molecule has 2 aliphatic heterocycles. The van der Waals surface area contributed by atoms with Crippen LogP contribution < -0.4 is 0 Å². The van der Waals surface area contributed by atoms with E-state index in [1.165, 1.54) is 23.3 Å². The van der Waals surface area contributed by atoms with Crippen LogP contribution in [0.3, 0.4) is 0 Å². The molecular weight excluding hydrogens is 380 g/mol. The second-order valence-corrected chi connectivity index (χ2v) is 10.7. The molecule has 1 spiro atoms. The highest BCUT2D eigenvalue weighted by Crippen LogP contribution is 2.50. The second-order valence-electron chi connectivity index (χ2n) is 9.69. The van der Waals surface area contributed by atoms with Gasteiger partial charge in [-0.3, -0.25) is 9.69 Å². The van der Waals surface area contributed by atoms with E-state index >= 15 is 0 Å². The second kappa shape index (κ2) is 7.24. The Morgan fingerprint density at radius 2 is 2.17 bits per heavy atom. The first-order valence-electron chi connectivity index (χ1n) is 11.0. The molecule has 29 heavy (non-hydrogen) atoms. The lowest BCUT2D eigenvalue weighted by Crippen LogP contribution is -2.40. The number of carbonyl (C=O) groups is 1. The number of carbonyl (C=O) groups excluding carboxylic acids is 1. The molecule has 0 N–H and O–H groups in total. The van der Waals surface area contributed by atoms with Gasteiger partial charge in [0.15, 0.2) is 0 Å². The predicted molar refractivity (Wildman–Crippen MR) is 116 cm³/mol. The van der Waals surface area contributed by atoms with Gasteiger partial charge in [-0.1, -0.05) is 0 Å². The highest BCUT2D eigenvalue weighted by Gasteiger charge is 2.58. The van der Waals surface area contributed by atoms with Gasteiger partial charge < -0.3 is 9.47 Å². The molecule has 2 saturated heterocycles. The SMILES string of the molecule is Cc1ccsc1CN1C[C@@H](c2cn(C(C)C)cn2)[C@]2(CCN(CC3CC3)C2=O)C1. The Balaban J connectivity index is 1.44. The van der Waals surface area contributed by atoms with Gasteiger partial charge in [-0.25, -0.2) is 4.98 Å². The summed E-state index contributed by atoms with van der Waals surface area (Å²) in [4.78, 5) is 24.6. The summed E-state index contributed by atoms with van der Waals surface area (Å²) in [5.41, 5.74) is 2.17. The van der Waals surface area contributed by atoms with Crippen molar-refractivity contribution in [2.45, 2.75) is 58.5 Å². The molecule has 0 unspecified atom stereocenters. The molecule has 5 nitrogen and oxygen atoms in total. The van der Waals surface area contributed by atoms with Crippen LogP contribution in [-0.4, -0.2) is 51.4 Å². The van der Waals surface area contributed by atoms with E-state index in [4.69, 9.17) is 4.98 Å². The summed E-state index contributed by atoms with van der Waals surface area (Å²) < 4.78 is 2.18. The minimum Gasteiger partial charge on any atom is -0.342 e. The predicted octanol–water partition coefficient (Wildman–Crippen LogP) is 4.06. The van der Waals surface area contributed by atoms with E-state index in [0.717, 1.165) is 50.8 Å². The zero-order valence-corrected chi connectivity index (χ0v) is 18.6. The van der Waals surface area contributed by atoms with E-state index in [0.29, 0.717) is 11.9 Å². The number of likely N-dealkylation sites (tertiary alicyclic amines) is 2. The monoisotopic (exact) mass is 412 g/mol. The van der Waals surface area contributed by atoms with Gasteiger partial charge in [0.05, 0.1) is 17.4 Å². The van der Waals surface area contributed by atoms with Gasteiger partial charge in [-0.05, 0) is 63.0 Å². The lowest BCUT2D eigenvalue weighted by molar-refractivity contribution is -0.136. The summed E-state index contributed by atoms with van der Waals surface area (Å²) in [6.45, 7) is 11.2. The summed E-state index contributed by atoms with van der Waals surface area (Å²) in [6.07, 6.45) is 7.69. The van der Waals surface area contributed by atoms with Crippen LogP contribution in [0, 0.1) is 18.3 Å². The van der Waals surface area contributed by atoms with Crippen LogP contribution in [0.15, 0.2) is 24.0 Å². The highest BCUT2D eigenvalue weighted by atomic mass is 32.1. The van der Waals surface area contributed by atoms with E-state index in [1.807, 2.05) is 17.7 Å². The fourth-order valence-electron chi connectivity index (χ4n) is 5.20. The number of thiophene rings is 1. The lowest BCUT2D eigenvalue weighted by atomic mass is 9.75. The summed E-state index contributed by atoms with van der Waals surface area (Å²) in [7, 11) is 0. The normalized spacial score (nSPS) is 27.8. The Bertz CT molecular complexity index is 898. The number of aryl methyl sites for hydroxylation is 1. The molecule has 1 aliphatic carbocycles. The van der Waals surface area contributed by atoms with Crippen LogP contribution >= 0.6 is 11.3 Å². The van der Waals surface area contributed by atoms with Crippen LogP contribution in [0.25, 0.3) is 0 Å². The van der Waals surface area contributed by atoms with E-state index in [-0.39, 0.29) is 11.3 Å². The zero-order valence-electron chi connectivity index (χ0n) is 17.8. The van der Waals surface area contributed by atoms with E-state index in [9.17, 15) is 4.79 Å². The molecule has 156 valence electrons. The lowest BCUT2D eigenvalue weighted by Gasteiger charge is -2.28. The van der Waals surface area contributed by atoms with E-state index in [1.54, 1.807) is 0 Å². The maximum absolute atomic E-state index is 13.7. The molecule has 0 bridgehead atoms. The summed E-state index contributed by atoms with van der Waals surface area (Å²) in [6, 6.07) is 2.59. The molecule has 4 heterocycles. The van der Waals surface area contributed by atoms with Crippen molar-refractivity contribution in [2.24, 2.45) is 11.3 Å². The standard InChI is InChI=1S/C23H32N4OS/c1-16(2)27-12-20(24-15-27)19-11-25(13-21-17(3)6-9-29-21)14-23(19)7-8-26(22(23)28)10-18-4-5-18/h6,9,12,15-16,18-19H,4-5,7-8,10-11,13-14H2,1-3H3/t19-,23-/m0/s1. The maximum Gasteiger partial charge on any atom is 0.230 e. The minimum atomic E-state index is -0.295. The first-order chi connectivity index (χ1) is 14.0. The van der Waals surface area contributed by atoms with Gasteiger partial charge in [-0.2, -0.15) is 0 Å². The van der Waals surface area contributed by atoms with Crippen LogP contribution in [0.4, 0.5) is 0 Å². The number of imidazole rings is 1. The van der Waals surface area contributed by atoms with Crippen molar-refractivity contribution < 1.29 is 4.79 Å². The number of amides is 1. The fourth-order valence-corrected chi connectivity index (χ4v) is 6.15. The molecular formula is C23H32N4OS. The Labute approximate surface area is 177 Å². The fraction of sp³-hybridized carbons (Fsp3) is 0.652. The number of aromatic nitrogens is 2. The first kappa shape index (κ1) is 19.3. The van der Waals surface area contributed by atoms with Crippen molar-refractivity contribution in [2.75, 3.05) is 26.2 Å². The van der Waals surface area contributed by atoms with Crippen molar-refractivity contribution in [1.82, 2.24) is 19.4 Å². The first-order valence-corrected chi connectivity index (χ1v) is 11.9. The smallest absolute Gasteiger partial charge is 0.230 e. The van der Waals surface area contributed by atoms with Crippen molar-refractivity contribution in [3.63, 3.8) is 0 Å². The third-order valence-electron chi connectivity index (χ3n) is 7.24. The molecule has 5 rings (SSSR count). The van der Waals surface area contributed by atoms with Crippen LogP contribution in [-0.2, 0) is 11.3 Å². The third kappa shape index (κ3) is 3.44. The van der Waals surface area contributed by atoms with Crippen LogP contribution in [0.1, 0.15) is 61.2 Å². The molecule has 2 aromatic rings.